The minimum absolute atomic E-state index is 0.0267. The maximum Gasteiger partial charge on any atom is 0.237 e. The zero-order chi connectivity index (χ0) is 16.9. The van der Waals surface area contributed by atoms with Crippen LogP contribution in [0.4, 0.5) is 5.69 Å². The van der Waals surface area contributed by atoms with Gasteiger partial charge in [-0.25, -0.2) is 4.98 Å². The molecular weight excluding hydrogens is 356 g/mol. The smallest absolute Gasteiger partial charge is 0.237 e. The summed E-state index contributed by atoms with van der Waals surface area (Å²) in [5.74, 6) is 0.766. The number of aromatic nitrogens is 1. The number of carbonyl (C=O) groups excluding carboxylic acids is 1. The van der Waals surface area contributed by atoms with Gasteiger partial charge in [0.2, 0.25) is 5.91 Å². The van der Waals surface area contributed by atoms with E-state index in [1.54, 1.807) is 34.4 Å². The van der Waals surface area contributed by atoms with Crippen molar-refractivity contribution in [2.24, 2.45) is 0 Å². The quantitative estimate of drug-likeness (QED) is 0.624. The second kappa shape index (κ2) is 7.96. The Bertz CT molecular complexity index is 811. The van der Waals surface area contributed by atoms with Crippen LogP contribution in [0.1, 0.15) is 18.2 Å². The van der Waals surface area contributed by atoms with E-state index in [4.69, 9.17) is 0 Å². The van der Waals surface area contributed by atoms with Gasteiger partial charge in [-0.15, -0.1) is 23.1 Å². The zero-order valence-corrected chi connectivity index (χ0v) is 15.9. The molecule has 0 aliphatic rings. The fraction of sp³-hybridized carbons (Fsp3) is 0.222. The van der Waals surface area contributed by atoms with Gasteiger partial charge in [-0.3, -0.25) is 4.79 Å². The first-order chi connectivity index (χ1) is 11.6. The van der Waals surface area contributed by atoms with E-state index in [1.165, 1.54) is 5.56 Å². The monoisotopic (exact) mass is 374 g/mol. The lowest BCUT2D eigenvalue weighted by Gasteiger charge is -2.11. The first-order valence-electron chi connectivity index (χ1n) is 7.58. The van der Waals surface area contributed by atoms with E-state index in [1.807, 2.05) is 38.1 Å². The van der Waals surface area contributed by atoms with Crippen molar-refractivity contribution in [3.8, 4) is 10.6 Å². The van der Waals surface area contributed by atoms with Gasteiger partial charge in [-0.1, -0.05) is 12.1 Å². The first kappa shape index (κ1) is 17.2. The summed E-state index contributed by atoms with van der Waals surface area (Å²) < 4.78 is 0. The van der Waals surface area contributed by atoms with Crippen LogP contribution in [0.15, 0.2) is 46.5 Å². The van der Waals surface area contributed by atoms with Gasteiger partial charge in [-0.05, 0) is 43.0 Å². The van der Waals surface area contributed by atoms with Crippen LogP contribution in [-0.2, 0) is 10.5 Å². The van der Waals surface area contributed by atoms with E-state index in [-0.39, 0.29) is 11.2 Å². The number of hydrogen-bond acceptors (Lipinski definition) is 5. The normalized spacial score (nSPS) is 12.1. The second-order valence-electron chi connectivity index (χ2n) is 5.47. The van der Waals surface area contributed by atoms with Crippen molar-refractivity contribution in [3.05, 3.63) is 57.7 Å². The molecule has 3 aromatic rings. The molecule has 2 aromatic heterocycles. The zero-order valence-electron chi connectivity index (χ0n) is 13.5. The molecule has 2 heterocycles. The van der Waals surface area contributed by atoms with E-state index in [2.05, 4.69) is 32.5 Å². The van der Waals surface area contributed by atoms with Crippen molar-refractivity contribution in [1.29, 1.82) is 0 Å². The number of thiophene rings is 1. The first-order valence-corrected chi connectivity index (χ1v) is 10.4. The Kier molecular flexibility index (Phi) is 5.71. The van der Waals surface area contributed by atoms with Crippen LogP contribution < -0.4 is 5.32 Å². The van der Waals surface area contributed by atoms with Crippen molar-refractivity contribution in [2.75, 3.05) is 5.32 Å². The summed E-state index contributed by atoms with van der Waals surface area (Å²) >= 11 is 4.94. The van der Waals surface area contributed by atoms with E-state index in [0.29, 0.717) is 0 Å². The van der Waals surface area contributed by atoms with Crippen molar-refractivity contribution in [3.63, 3.8) is 0 Å². The molecule has 6 heteroatoms. The minimum Gasteiger partial charge on any atom is -0.325 e. The van der Waals surface area contributed by atoms with Crippen molar-refractivity contribution >= 4 is 46.0 Å². The molecule has 0 saturated heterocycles. The van der Waals surface area contributed by atoms with Gasteiger partial charge < -0.3 is 5.32 Å². The third-order valence-corrected chi connectivity index (χ3v) is 6.26. The highest BCUT2D eigenvalue weighted by atomic mass is 32.2. The molecular formula is C18H18N2OS3. The number of carbonyl (C=O) groups is 1. The largest absolute Gasteiger partial charge is 0.325 e. The number of nitrogens with zero attached hydrogens (tertiary/aromatic N) is 1. The summed E-state index contributed by atoms with van der Waals surface area (Å²) in [6, 6.07) is 9.93. The Balaban J connectivity index is 1.53. The molecule has 0 aliphatic carbocycles. The van der Waals surface area contributed by atoms with E-state index < -0.39 is 0 Å². The lowest BCUT2D eigenvalue weighted by atomic mass is 10.2. The van der Waals surface area contributed by atoms with Gasteiger partial charge in [0.1, 0.15) is 5.01 Å². The topological polar surface area (TPSA) is 42.0 Å². The SMILES string of the molecule is Cc1cccc(NC(=O)[C@@H](C)SCc2csc(-c3ccsc3)n2)c1. The molecule has 1 aromatic carbocycles. The Labute approximate surface area is 154 Å². The van der Waals surface area contributed by atoms with Gasteiger partial charge in [0.05, 0.1) is 10.9 Å². The number of amides is 1. The highest BCUT2D eigenvalue weighted by molar-refractivity contribution is 7.99. The maximum atomic E-state index is 12.3. The van der Waals surface area contributed by atoms with Crippen molar-refractivity contribution in [2.45, 2.75) is 24.9 Å². The van der Waals surface area contributed by atoms with Crippen LogP contribution in [0.2, 0.25) is 0 Å². The number of benzene rings is 1. The molecule has 24 heavy (non-hydrogen) atoms. The van der Waals surface area contributed by atoms with Gasteiger partial charge in [0, 0.05) is 27.8 Å². The third-order valence-electron chi connectivity index (χ3n) is 3.46. The predicted molar refractivity (Wildman–Crippen MR) is 106 cm³/mol. The Morgan fingerprint density at radius 2 is 2.21 bits per heavy atom. The molecule has 1 atom stereocenters. The molecule has 0 saturated carbocycles. The number of thiazole rings is 1. The number of anilines is 1. The molecule has 3 rings (SSSR count). The fourth-order valence-corrected chi connectivity index (χ4v) is 4.56. The van der Waals surface area contributed by atoms with Crippen molar-refractivity contribution in [1.82, 2.24) is 4.98 Å². The van der Waals surface area contributed by atoms with Crippen LogP contribution in [0, 0.1) is 6.92 Å². The van der Waals surface area contributed by atoms with Gasteiger partial charge in [0.25, 0.3) is 0 Å². The summed E-state index contributed by atoms with van der Waals surface area (Å²) in [6.45, 7) is 3.95. The summed E-state index contributed by atoms with van der Waals surface area (Å²) in [7, 11) is 0. The summed E-state index contributed by atoms with van der Waals surface area (Å²) in [5, 5.41) is 10.1. The highest BCUT2D eigenvalue weighted by Gasteiger charge is 2.15. The molecule has 124 valence electrons. The van der Waals surface area contributed by atoms with Crippen LogP contribution in [-0.4, -0.2) is 16.1 Å². The Morgan fingerprint density at radius 3 is 2.96 bits per heavy atom. The third kappa shape index (κ3) is 4.47. The Hall–Kier alpha value is -1.63. The van der Waals surface area contributed by atoms with Crippen LogP contribution in [0.3, 0.4) is 0 Å². The molecule has 0 bridgehead atoms. The number of nitrogens with one attached hydrogen (secondary N) is 1. The van der Waals surface area contributed by atoms with Crippen LogP contribution in [0.5, 0.6) is 0 Å². The molecule has 0 radical (unpaired) electrons. The maximum absolute atomic E-state index is 12.3. The van der Waals surface area contributed by atoms with Crippen molar-refractivity contribution < 1.29 is 4.79 Å². The second-order valence-corrected chi connectivity index (χ2v) is 8.44. The van der Waals surface area contributed by atoms with Gasteiger partial charge in [0.15, 0.2) is 0 Å². The number of aryl methyl sites for hydroxylation is 1. The molecule has 0 spiro atoms. The number of hydrogen-bond donors (Lipinski definition) is 1. The lowest BCUT2D eigenvalue weighted by Crippen LogP contribution is -2.22. The summed E-state index contributed by atoms with van der Waals surface area (Å²) in [4.78, 5) is 16.9. The van der Waals surface area contributed by atoms with E-state index >= 15 is 0 Å². The standard InChI is InChI=1S/C18H18N2OS3/c1-12-4-3-5-15(8-12)19-17(21)13(2)23-10-16-11-24-18(20-16)14-6-7-22-9-14/h3-9,11,13H,10H2,1-2H3,(H,19,21)/t13-/m1/s1. The molecule has 0 aliphatic heterocycles. The predicted octanol–water partition coefficient (Wildman–Crippen LogP) is 5.44. The Morgan fingerprint density at radius 1 is 1.33 bits per heavy atom. The highest BCUT2D eigenvalue weighted by Crippen LogP contribution is 2.28. The minimum atomic E-state index is -0.128. The van der Waals surface area contributed by atoms with Crippen LogP contribution in [0.25, 0.3) is 10.6 Å². The summed E-state index contributed by atoms with van der Waals surface area (Å²) in [6.07, 6.45) is 0. The van der Waals surface area contributed by atoms with E-state index in [0.717, 1.165) is 27.7 Å². The average molecular weight is 375 g/mol. The lowest BCUT2D eigenvalue weighted by molar-refractivity contribution is -0.115. The molecule has 1 N–H and O–H groups in total. The number of rotatable bonds is 6. The average Bonchev–Trinajstić information content (AvgIpc) is 3.23. The molecule has 0 fully saturated rings. The molecule has 1 amide bonds. The molecule has 3 nitrogen and oxygen atoms in total. The van der Waals surface area contributed by atoms with Crippen LogP contribution >= 0.6 is 34.4 Å². The molecule has 0 unspecified atom stereocenters. The summed E-state index contributed by atoms with van der Waals surface area (Å²) in [5.41, 5.74) is 4.19. The van der Waals surface area contributed by atoms with E-state index in [9.17, 15) is 4.79 Å². The number of thioether (sulfide) groups is 1. The fourth-order valence-electron chi connectivity index (χ4n) is 2.14. The van der Waals surface area contributed by atoms with Gasteiger partial charge in [-0.2, -0.15) is 11.3 Å². The van der Waals surface area contributed by atoms with Gasteiger partial charge >= 0.3 is 0 Å².